The molecule has 0 bridgehead atoms. The number of hydrogen-bond donors (Lipinski definition) is 1. The molecule has 0 aliphatic heterocycles. The summed E-state index contributed by atoms with van der Waals surface area (Å²) in [4.78, 5) is 16.8. The van der Waals surface area contributed by atoms with E-state index in [1.807, 2.05) is 26.0 Å². The van der Waals surface area contributed by atoms with Crippen molar-refractivity contribution in [1.82, 2.24) is 14.8 Å². The van der Waals surface area contributed by atoms with E-state index in [2.05, 4.69) is 15.4 Å². The molecule has 6 nitrogen and oxygen atoms in total. The Balaban J connectivity index is 1.91. The fourth-order valence-corrected chi connectivity index (χ4v) is 3.05. The quantitative estimate of drug-likeness (QED) is 0.624. The molecule has 9 heteroatoms. The zero-order chi connectivity index (χ0) is 21.9. The molecular weight excluding hydrogens is 397 g/mol. The Hall–Kier alpha value is -3.20. The molecule has 2 heterocycles. The Morgan fingerprint density at radius 3 is 2.57 bits per heavy atom. The molecule has 0 saturated carbocycles. The van der Waals surface area contributed by atoms with Gasteiger partial charge in [-0.15, -0.1) is 0 Å². The van der Waals surface area contributed by atoms with Gasteiger partial charge in [0.25, 0.3) is 5.91 Å². The van der Waals surface area contributed by atoms with E-state index in [4.69, 9.17) is 4.74 Å². The first-order valence-corrected chi connectivity index (χ1v) is 9.21. The summed E-state index contributed by atoms with van der Waals surface area (Å²) in [6.07, 6.45) is -2.33. The lowest BCUT2D eigenvalue weighted by Gasteiger charge is -2.13. The van der Waals surface area contributed by atoms with Crippen molar-refractivity contribution in [1.29, 1.82) is 0 Å². The minimum Gasteiger partial charge on any atom is -0.380 e. The van der Waals surface area contributed by atoms with Crippen LogP contribution in [0.1, 0.15) is 46.9 Å². The van der Waals surface area contributed by atoms with E-state index in [9.17, 15) is 18.0 Å². The predicted octanol–water partition coefficient (Wildman–Crippen LogP) is 4.81. The van der Waals surface area contributed by atoms with Crippen LogP contribution < -0.4 is 5.32 Å². The topological polar surface area (TPSA) is 69.0 Å². The third kappa shape index (κ3) is 4.68. The van der Waals surface area contributed by atoms with Crippen molar-refractivity contribution in [3.8, 4) is 5.82 Å². The van der Waals surface area contributed by atoms with Crippen molar-refractivity contribution in [2.24, 2.45) is 0 Å². The molecule has 1 aromatic carbocycles. The highest BCUT2D eigenvalue weighted by Gasteiger charge is 2.31. The lowest BCUT2D eigenvalue weighted by atomic mass is 10.1. The average molecular weight is 418 g/mol. The summed E-state index contributed by atoms with van der Waals surface area (Å²) in [7, 11) is 1.59. The molecule has 0 spiro atoms. The summed E-state index contributed by atoms with van der Waals surface area (Å²) in [6, 6.07) is 9.43. The first-order valence-electron chi connectivity index (χ1n) is 9.21. The fourth-order valence-electron chi connectivity index (χ4n) is 3.05. The highest BCUT2D eigenvalue weighted by Crippen LogP contribution is 2.29. The Labute approximate surface area is 171 Å². The molecule has 0 radical (unpaired) electrons. The molecule has 1 amide bonds. The van der Waals surface area contributed by atoms with Crippen LogP contribution in [-0.4, -0.2) is 27.8 Å². The van der Waals surface area contributed by atoms with Crippen molar-refractivity contribution in [2.75, 3.05) is 12.4 Å². The number of aromatic nitrogens is 3. The van der Waals surface area contributed by atoms with Gasteiger partial charge in [-0.25, -0.2) is 9.67 Å². The van der Waals surface area contributed by atoms with Gasteiger partial charge >= 0.3 is 6.18 Å². The van der Waals surface area contributed by atoms with Gasteiger partial charge in [-0.2, -0.15) is 18.3 Å². The van der Waals surface area contributed by atoms with Gasteiger partial charge < -0.3 is 10.1 Å². The van der Waals surface area contributed by atoms with E-state index < -0.39 is 11.7 Å². The van der Waals surface area contributed by atoms with E-state index in [1.54, 1.807) is 19.2 Å². The predicted molar refractivity (Wildman–Crippen MR) is 106 cm³/mol. The number of nitrogens with one attached hydrogen (secondary N) is 1. The summed E-state index contributed by atoms with van der Waals surface area (Å²) in [5.41, 5.74) is 1.53. The second kappa shape index (κ2) is 8.66. The number of alkyl halides is 3. The maximum Gasteiger partial charge on any atom is 0.417 e. The van der Waals surface area contributed by atoms with Crippen LogP contribution in [0, 0.1) is 0 Å². The molecule has 0 fully saturated rings. The molecule has 2 aromatic heterocycles. The molecule has 0 aliphatic rings. The molecule has 1 N–H and O–H groups in total. The number of halogens is 3. The summed E-state index contributed by atoms with van der Waals surface area (Å²) >= 11 is 0. The van der Waals surface area contributed by atoms with Crippen LogP contribution in [-0.2, 0) is 17.5 Å². The van der Waals surface area contributed by atoms with Crippen LogP contribution in [0.15, 0.2) is 48.8 Å². The van der Waals surface area contributed by atoms with Gasteiger partial charge in [-0.05, 0) is 35.7 Å². The third-order valence-corrected chi connectivity index (χ3v) is 4.39. The number of anilines is 1. The van der Waals surface area contributed by atoms with E-state index in [0.717, 1.165) is 17.8 Å². The van der Waals surface area contributed by atoms with Gasteiger partial charge in [0.05, 0.1) is 29.6 Å². The summed E-state index contributed by atoms with van der Waals surface area (Å²) in [5.74, 6) is -0.295. The van der Waals surface area contributed by atoms with E-state index in [0.29, 0.717) is 23.6 Å². The van der Waals surface area contributed by atoms with Crippen molar-refractivity contribution in [3.63, 3.8) is 0 Å². The van der Waals surface area contributed by atoms with Crippen LogP contribution in [0.5, 0.6) is 0 Å². The smallest absolute Gasteiger partial charge is 0.380 e. The minimum atomic E-state index is -4.47. The van der Waals surface area contributed by atoms with Crippen LogP contribution in [0.3, 0.4) is 0 Å². The van der Waals surface area contributed by atoms with Gasteiger partial charge in [-0.1, -0.05) is 26.0 Å². The highest BCUT2D eigenvalue weighted by molar-refractivity contribution is 6.05. The van der Waals surface area contributed by atoms with Gasteiger partial charge in [0, 0.05) is 19.0 Å². The molecule has 0 unspecified atom stereocenters. The van der Waals surface area contributed by atoms with E-state index in [-0.39, 0.29) is 17.6 Å². The maximum atomic E-state index is 12.9. The molecule has 30 heavy (non-hydrogen) atoms. The number of nitrogens with zero attached hydrogens (tertiary/aromatic N) is 3. The fraction of sp³-hybridized carbons (Fsp3) is 0.286. The molecule has 3 rings (SSSR count). The molecule has 0 aliphatic carbocycles. The molecule has 0 atom stereocenters. The van der Waals surface area contributed by atoms with E-state index >= 15 is 0 Å². The molecule has 158 valence electrons. The second-order valence-electron chi connectivity index (χ2n) is 7.00. The number of benzene rings is 1. The van der Waals surface area contributed by atoms with Crippen LogP contribution >= 0.6 is 0 Å². The number of rotatable bonds is 6. The van der Waals surface area contributed by atoms with Gasteiger partial charge in [-0.3, -0.25) is 4.79 Å². The first-order chi connectivity index (χ1) is 14.2. The van der Waals surface area contributed by atoms with Crippen molar-refractivity contribution in [2.45, 2.75) is 32.5 Å². The monoisotopic (exact) mass is 418 g/mol. The van der Waals surface area contributed by atoms with E-state index in [1.165, 1.54) is 16.9 Å². The second-order valence-corrected chi connectivity index (χ2v) is 7.00. The lowest BCUT2D eigenvalue weighted by Crippen LogP contribution is -2.16. The SMILES string of the molecule is COCc1cccc(NC(=O)c2cnn(-c3ccc(C(F)(F)F)cn3)c2C(C)C)c1. The van der Waals surface area contributed by atoms with Gasteiger partial charge in [0.15, 0.2) is 5.82 Å². The number of ether oxygens (including phenoxy) is 1. The zero-order valence-corrected chi connectivity index (χ0v) is 16.7. The van der Waals surface area contributed by atoms with Crippen LogP contribution in [0.4, 0.5) is 18.9 Å². The molecular formula is C21H21F3N4O2. The number of carbonyl (C=O) groups excluding carboxylic acids is 1. The Morgan fingerprint density at radius 2 is 1.97 bits per heavy atom. The van der Waals surface area contributed by atoms with Crippen molar-refractivity contribution >= 4 is 11.6 Å². The average Bonchev–Trinajstić information content (AvgIpc) is 3.13. The first kappa shape index (κ1) is 21.5. The van der Waals surface area contributed by atoms with Crippen LogP contribution in [0.2, 0.25) is 0 Å². The summed E-state index contributed by atoms with van der Waals surface area (Å²) in [6.45, 7) is 4.15. The molecule has 3 aromatic rings. The Bertz CT molecular complexity index is 1030. The summed E-state index contributed by atoms with van der Waals surface area (Å²) in [5, 5.41) is 7.03. The third-order valence-electron chi connectivity index (χ3n) is 4.39. The highest BCUT2D eigenvalue weighted by atomic mass is 19.4. The molecule has 0 saturated heterocycles. The Morgan fingerprint density at radius 1 is 1.20 bits per heavy atom. The number of amides is 1. The largest absolute Gasteiger partial charge is 0.417 e. The number of carbonyl (C=O) groups is 1. The lowest BCUT2D eigenvalue weighted by molar-refractivity contribution is -0.137. The van der Waals surface area contributed by atoms with Crippen molar-refractivity contribution in [3.05, 3.63) is 71.2 Å². The normalized spacial score (nSPS) is 11.7. The Kier molecular flexibility index (Phi) is 6.21. The van der Waals surface area contributed by atoms with Crippen LogP contribution in [0.25, 0.3) is 5.82 Å². The number of hydrogen-bond acceptors (Lipinski definition) is 4. The zero-order valence-electron chi connectivity index (χ0n) is 16.7. The minimum absolute atomic E-state index is 0.128. The summed E-state index contributed by atoms with van der Waals surface area (Å²) < 4.78 is 44.9. The maximum absolute atomic E-state index is 12.9. The van der Waals surface area contributed by atoms with Gasteiger partial charge in [0.2, 0.25) is 0 Å². The van der Waals surface area contributed by atoms with Crippen molar-refractivity contribution < 1.29 is 22.7 Å². The number of pyridine rings is 1. The standard InChI is InChI=1S/C21H21F3N4O2/c1-13(2)19-17(20(29)27-16-6-4-5-14(9-16)12-30-3)11-26-28(19)18-8-7-15(10-25-18)21(22,23)24/h4-11,13H,12H2,1-3H3,(H,27,29). The number of methoxy groups -OCH3 is 1. The van der Waals surface area contributed by atoms with Gasteiger partial charge in [0.1, 0.15) is 0 Å².